The second-order valence-corrected chi connectivity index (χ2v) is 3.99. The summed E-state index contributed by atoms with van der Waals surface area (Å²) < 4.78 is 0. The molecule has 1 atom stereocenters. The van der Waals surface area contributed by atoms with Gasteiger partial charge >= 0.3 is 0 Å². The van der Waals surface area contributed by atoms with E-state index in [4.69, 9.17) is 5.73 Å². The van der Waals surface area contributed by atoms with Gasteiger partial charge in [0.1, 0.15) is 0 Å². The fourth-order valence-electron chi connectivity index (χ4n) is 1.43. The summed E-state index contributed by atoms with van der Waals surface area (Å²) in [6, 6.07) is 8.32. The SMILES string of the molecule is CC(C)c1cccc(CC(O)CN)c1. The van der Waals surface area contributed by atoms with E-state index in [-0.39, 0.29) is 0 Å². The molecule has 14 heavy (non-hydrogen) atoms. The van der Waals surface area contributed by atoms with E-state index < -0.39 is 6.10 Å². The van der Waals surface area contributed by atoms with Crippen molar-refractivity contribution in [2.75, 3.05) is 6.54 Å². The molecule has 0 radical (unpaired) electrons. The lowest BCUT2D eigenvalue weighted by Gasteiger charge is -2.10. The van der Waals surface area contributed by atoms with Crippen molar-refractivity contribution < 1.29 is 5.11 Å². The van der Waals surface area contributed by atoms with Gasteiger partial charge in [-0.1, -0.05) is 38.1 Å². The quantitative estimate of drug-likeness (QED) is 0.764. The lowest BCUT2D eigenvalue weighted by molar-refractivity contribution is 0.183. The molecular weight excluding hydrogens is 174 g/mol. The van der Waals surface area contributed by atoms with Crippen LogP contribution in [0.1, 0.15) is 30.9 Å². The van der Waals surface area contributed by atoms with Crippen LogP contribution in [-0.4, -0.2) is 17.8 Å². The zero-order chi connectivity index (χ0) is 10.6. The minimum absolute atomic E-state index is 0.325. The number of aliphatic hydroxyl groups excluding tert-OH is 1. The van der Waals surface area contributed by atoms with Crippen LogP contribution in [0, 0.1) is 0 Å². The van der Waals surface area contributed by atoms with Crippen molar-refractivity contribution in [3.8, 4) is 0 Å². The first-order chi connectivity index (χ1) is 6.63. The van der Waals surface area contributed by atoms with Gasteiger partial charge in [0.25, 0.3) is 0 Å². The molecule has 0 saturated heterocycles. The van der Waals surface area contributed by atoms with Crippen LogP contribution in [0.3, 0.4) is 0 Å². The molecule has 3 N–H and O–H groups in total. The zero-order valence-corrected chi connectivity index (χ0v) is 8.90. The van der Waals surface area contributed by atoms with Crippen LogP contribution < -0.4 is 5.73 Å². The molecule has 0 heterocycles. The minimum atomic E-state index is -0.419. The Labute approximate surface area is 85.8 Å². The fourth-order valence-corrected chi connectivity index (χ4v) is 1.43. The summed E-state index contributed by atoms with van der Waals surface area (Å²) in [5, 5.41) is 9.42. The van der Waals surface area contributed by atoms with E-state index in [1.54, 1.807) is 0 Å². The third kappa shape index (κ3) is 3.13. The van der Waals surface area contributed by atoms with Crippen LogP contribution in [0.2, 0.25) is 0 Å². The lowest BCUT2D eigenvalue weighted by atomic mass is 9.98. The smallest absolute Gasteiger partial charge is 0.0702 e. The van der Waals surface area contributed by atoms with Gasteiger partial charge in [-0.05, 0) is 23.5 Å². The molecule has 0 aliphatic carbocycles. The molecule has 0 fully saturated rings. The van der Waals surface area contributed by atoms with E-state index in [1.165, 1.54) is 5.56 Å². The zero-order valence-electron chi connectivity index (χ0n) is 8.90. The fraction of sp³-hybridized carbons (Fsp3) is 0.500. The monoisotopic (exact) mass is 193 g/mol. The average Bonchev–Trinajstić information content (AvgIpc) is 2.18. The Morgan fingerprint density at radius 2 is 2.07 bits per heavy atom. The van der Waals surface area contributed by atoms with Gasteiger partial charge in [-0.2, -0.15) is 0 Å². The molecule has 0 spiro atoms. The largest absolute Gasteiger partial charge is 0.391 e. The number of hydrogen-bond donors (Lipinski definition) is 2. The maximum Gasteiger partial charge on any atom is 0.0702 e. The minimum Gasteiger partial charge on any atom is -0.391 e. The molecule has 0 amide bonds. The molecule has 1 rings (SSSR count). The number of hydrogen-bond acceptors (Lipinski definition) is 2. The highest BCUT2D eigenvalue weighted by Crippen LogP contribution is 2.16. The summed E-state index contributed by atoms with van der Waals surface area (Å²) in [6.07, 6.45) is 0.231. The van der Waals surface area contributed by atoms with E-state index in [1.807, 2.05) is 12.1 Å². The van der Waals surface area contributed by atoms with Crippen molar-refractivity contribution >= 4 is 0 Å². The summed E-state index contributed by atoms with van der Waals surface area (Å²) in [6.45, 7) is 4.66. The van der Waals surface area contributed by atoms with Gasteiger partial charge in [0.15, 0.2) is 0 Å². The second kappa shape index (κ2) is 5.13. The highest BCUT2D eigenvalue weighted by Gasteiger charge is 2.04. The Hall–Kier alpha value is -0.860. The molecule has 0 aliphatic rings. The maximum absolute atomic E-state index is 9.42. The van der Waals surface area contributed by atoms with Gasteiger partial charge in [-0.15, -0.1) is 0 Å². The predicted molar refractivity (Wildman–Crippen MR) is 59.3 cm³/mol. The molecule has 1 unspecified atom stereocenters. The molecule has 2 nitrogen and oxygen atoms in total. The normalized spacial score (nSPS) is 13.2. The van der Waals surface area contributed by atoms with Gasteiger partial charge in [0.2, 0.25) is 0 Å². The van der Waals surface area contributed by atoms with Gasteiger partial charge in [-0.25, -0.2) is 0 Å². The predicted octanol–water partition coefficient (Wildman–Crippen LogP) is 1.67. The third-order valence-corrected chi connectivity index (χ3v) is 2.36. The number of rotatable bonds is 4. The van der Waals surface area contributed by atoms with Crippen molar-refractivity contribution in [2.45, 2.75) is 32.3 Å². The first-order valence-electron chi connectivity index (χ1n) is 5.10. The van der Waals surface area contributed by atoms with Crippen molar-refractivity contribution in [2.24, 2.45) is 5.73 Å². The third-order valence-electron chi connectivity index (χ3n) is 2.36. The first kappa shape index (κ1) is 11.2. The molecule has 0 aromatic heterocycles. The molecule has 1 aromatic carbocycles. The van der Waals surface area contributed by atoms with Crippen LogP contribution in [0.15, 0.2) is 24.3 Å². The van der Waals surface area contributed by atoms with Crippen LogP contribution in [0.5, 0.6) is 0 Å². The van der Waals surface area contributed by atoms with Gasteiger partial charge in [0, 0.05) is 6.54 Å². The Balaban J connectivity index is 2.73. The number of benzene rings is 1. The van der Waals surface area contributed by atoms with E-state index >= 15 is 0 Å². The molecule has 0 aliphatic heterocycles. The van der Waals surface area contributed by atoms with Crippen LogP contribution in [-0.2, 0) is 6.42 Å². The molecular formula is C12H19NO. The maximum atomic E-state index is 9.42. The number of aliphatic hydroxyl groups is 1. The molecule has 0 bridgehead atoms. The summed E-state index contributed by atoms with van der Waals surface area (Å²) >= 11 is 0. The van der Waals surface area contributed by atoms with Crippen molar-refractivity contribution in [3.05, 3.63) is 35.4 Å². The summed E-state index contributed by atoms with van der Waals surface area (Å²) in [4.78, 5) is 0. The highest BCUT2D eigenvalue weighted by molar-refractivity contribution is 5.26. The second-order valence-electron chi connectivity index (χ2n) is 3.99. The van der Waals surface area contributed by atoms with E-state index in [0.717, 1.165) is 5.56 Å². The average molecular weight is 193 g/mol. The van der Waals surface area contributed by atoms with E-state index in [9.17, 15) is 5.11 Å². The van der Waals surface area contributed by atoms with Crippen molar-refractivity contribution in [1.82, 2.24) is 0 Å². The lowest BCUT2D eigenvalue weighted by Crippen LogP contribution is -2.21. The van der Waals surface area contributed by atoms with Crippen LogP contribution >= 0.6 is 0 Å². The Kier molecular flexibility index (Phi) is 4.11. The molecule has 2 heteroatoms. The first-order valence-corrected chi connectivity index (χ1v) is 5.10. The highest BCUT2D eigenvalue weighted by atomic mass is 16.3. The van der Waals surface area contributed by atoms with Gasteiger partial charge in [-0.3, -0.25) is 0 Å². The van der Waals surface area contributed by atoms with Crippen molar-refractivity contribution in [1.29, 1.82) is 0 Å². The van der Waals surface area contributed by atoms with Crippen LogP contribution in [0.25, 0.3) is 0 Å². The molecule has 0 saturated carbocycles. The Bertz CT molecular complexity index is 283. The molecule has 78 valence electrons. The molecule has 1 aromatic rings. The standard InChI is InChI=1S/C12H19NO/c1-9(2)11-5-3-4-10(6-11)7-12(14)8-13/h3-6,9,12,14H,7-8,13H2,1-2H3. The van der Waals surface area contributed by atoms with Crippen LogP contribution in [0.4, 0.5) is 0 Å². The van der Waals surface area contributed by atoms with Gasteiger partial charge in [0.05, 0.1) is 6.10 Å². The summed E-state index contributed by atoms with van der Waals surface area (Å²) in [5.41, 5.74) is 7.84. The van der Waals surface area contributed by atoms with E-state index in [0.29, 0.717) is 18.9 Å². The summed E-state index contributed by atoms with van der Waals surface area (Å²) in [7, 11) is 0. The van der Waals surface area contributed by atoms with E-state index in [2.05, 4.69) is 26.0 Å². The topological polar surface area (TPSA) is 46.2 Å². The van der Waals surface area contributed by atoms with Crippen molar-refractivity contribution in [3.63, 3.8) is 0 Å². The number of nitrogens with two attached hydrogens (primary N) is 1. The Morgan fingerprint density at radius 1 is 1.36 bits per heavy atom. The Morgan fingerprint density at radius 3 is 2.64 bits per heavy atom. The summed E-state index contributed by atoms with van der Waals surface area (Å²) in [5.74, 6) is 0.532. The van der Waals surface area contributed by atoms with Gasteiger partial charge < -0.3 is 10.8 Å².